The van der Waals surface area contributed by atoms with Crippen LogP contribution in [0.5, 0.6) is 0 Å². The van der Waals surface area contributed by atoms with Crippen molar-refractivity contribution in [3.05, 3.63) is 22.7 Å². The molecular formula is C12H14BrN3O. The van der Waals surface area contributed by atoms with Crippen LogP contribution >= 0.6 is 15.9 Å². The van der Waals surface area contributed by atoms with Crippen LogP contribution in [0.2, 0.25) is 0 Å². The van der Waals surface area contributed by atoms with Crippen molar-refractivity contribution in [3.8, 4) is 0 Å². The van der Waals surface area contributed by atoms with Gasteiger partial charge in [-0.2, -0.15) is 0 Å². The summed E-state index contributed by atoms with van der Waals surface area (Å²) in [6, 6.07) is 6.00. The van der Waals surface area contributed by atoms with Gasteiger partial charge in [-0.3, -0.25) is 0 Å². The molecule has 0 aliphatic carbocycles. The first-order valence-corrected chi connectivity index (χ1v) is 6.69. The predicted molar refractivity (Wildman–Crippen MR) is 68.8 cm³/mol. The van der Waals surface area contributed by atoms with Crippen LogP contribution in [0.25, 0.3) is 11.0 Å². The van der Waals surface area contributed by atoms with Crippen molar-refractivity contribution in [3.63, 3.8) is 0 Å². The maximum Gasteiger partial charge on any atom is 0.114 e. The van der Waals surface area contributed by atoms with Gasteiger partial charge in [-0.05, 0) is 40.9 Å². The number of benzene rings is 1. The molecule has 5 heteroatoms. The molecule has 1 aromatic carbocycles. The van der Waals surface area contributed by atoms with Crippen molar-refractivity contribution in [1.82, 2.24) is 15.0 Å². The van der Waals surface area contributed by atoms with Crippen LogP contribution in [0.1, 0.15) is 12.8 Å². The fourth-order valence-corrected chi connectivity index (χ4v) is 2.87. The first-order chi connectivity index (χ1) is 8.34. The summed E-state index contributed by atoms with van der Waals surface area (Å²) in [5.41, 5.74) is 2.02. The van der Waals surface area contributed by atoms with Crippen molar-refractivity contribution in [2.24, 2.45) is 5.92 Å². The van der Waals surface area contributed by atoms with Crippen LogP contribution in [0, 0.1) is 5.92 Å². The summed E-state index contributed by atoms with van der Waals surface area (Å²) in [6.45, 7) is 2.63. The molecule has 0 radical (unpaired) electrons. The summed E-state index contributed by atoms with van der Waals surface area (Å²) in [5, 5.41) is 8.42. The molecule has 2 heterocycles. The van der Waals surface area contributed by atoms with Crippen LogP contribution < -0.4 is 0 Å². The third kappa shape index (κ3) is 2.21. The van der Waals surface area contributed by atoms with Crippen LogP contribution in [-0.4, -0.2) is 28.2 Å². The molecule has 1 aromatic heterocycles. The predicted octanol–water partition coefficient (Wildman–Crippen LogP) is 2.62. The fraction of sp³-hybridized carbons (Fsp3) is 0.500. The van der Waals surface area contributed by atoms with E-state index in [1.165, 1.54) is 6.42 Å². The summed E-state index contributed by atoms with van der Waals surface area (Å²) >= 11 is 3.56. The van der Waals surface area contributed by atoms with Gasteiger partial charge >= 0.3 is 0 Å². The van der Waals surface area contributed by atoms with E-state index in [1.54, 1.807) is 0 Å². The Hall–Kier alpha value is -0.940. The molecule has 1 saturated heterocycles. The van der Waals surface area contributed by atoms with Crippen LogP contribution in [0.15, 0.2) is 22.7 Å². The Morgan fingerprint density at radius 1 is 1.47 bits per heavy atom. The number of hydrogen-bond donors (Lipinski definition) is 0. The fourth-order valence-electron chi connectivity index (χ4n) is 2.31. The molecule has 1 fully saturated rings. The van der Waals surface area contributed by atoms with Crippen molar-refractivity contribution >= 4 is 27.0 Å². The standard InChI is InChI=1S/C12H14BrN3O/c13-10-4-1-5-11-12(10)16(15-14-11)7-9-3-2-6-17-8-9/h1,4-5,9H,2-3,6-8H2. The lowest BCUT2D eigenvalue weighted by Crippen LogP contribution is -2.22. The van der Waals surface area contributed by atoms with Gasteiger partial charge in [-0.15, -0.1) is 5.10 Å². The monoisotopic (exact) mass is 295 g/mol. The Kier molecular flexibility index (Phi) is 3.11. The molecule has 1 unspecified atom stereocenters. The average Bonchev–Trinajstić information content (AvgIpc) is 2.75. The van der Waals surface area contributed by atoms with Gasteiger partial charge in [0.05, 0.1) is 6.61 Å². The van der Waals surface area contributed by atoms with Gasteiger partial charge in [-0.25, -0.2) is 4.68 Å². The van der Waals surface area contributed by atoms with Gasteiger partial charge in [0.2, 0.25) is 0 Å². The number of nitrogens with zero attached hydrogens (tertiary/aromatic N) is 3. The minimum absolute atomic E-state index is 0.556. The second-order valence-electron chi connectivity index (χ2n) is 4.46. The first kappa shape index (κ1) is 11.2. The summed E-state index contributed by atoms with van der Waals surface area (Å²) in [4.78, 5) is 0. The number of rotatable bonds is 2. The van der Waals surface area contributed by atoms with E-state index in [9.17, 15) is 0 Å². The molecule has 3 rings (SSSR count). The molecule has 90 valence electrons. The Morgan fingerprint density at radius 2 is 2.41 bits per heavy atom. The van der Waals surface area contributed by atoms with Gasteiger partial charge < -0.3 is 4.74 Å². The highest BCUT2D eigenvalue weighted by molar-refractivity contribution is 9.10. The second kappa shape index (κ2) is 4.74. The highest BCUT2D eigenvalue weighted by Gasteiger charge is 2.17. The minimum atomic E-state index is 0.556. The molecule has 1 aliphatic heterocycles. The Morgan fingerprint density at radius 3 is 3.24 bits per heavy atom. The van der Waals surface area contributed by atoms with E-state index >= 15 is 0 Å². The lowest BCUT2D eigenvalue weighted by Gasteiger charge is -2.21. The number of aromatic nitrogens is 3. The maximum absolute atomic E-state index is 5.50. The quantitative estimate of drug-likeness (QED) is 0.855. The molecule has 0 amide bonds. The van der Waals surface area contributed by atoms with E-state index in [4.69, 9.17) is 4.74 Å². The molecule has 2 aromatic rings. The van der Waals surface area contributed by atoms with Crippen molar-refractivity contribution in [1.29, 1.82) is 0 Å². The number of para-hydroxylation sites is 1. The molecule has 0 N–H and O–H groups in total. The van der Waals surface area contributed by atoms with Crippen LogP contribution in [-0.2, 0) is 11.3 Å². The normalized spacial score (nSPS) is 20.9. The zero-order valence-electron chi connectivity index (χ0n) is 9.47. The summed E-state index contributed by atoms with van der Waals surface area (Å²) in [7, 11) is 0. The van der Waals surface area contributed by atoms with E-state index in [1.807, 2.05) is 22.9 Å². The minimum Gasteiger partial charge on any atom is -0.381 e. The Labute approximate surface area is 108 Å². The lowest BCUT2D eigenvalue weighted by atomic mass is 10.0. The number of halogens is 1. The van der Waals surface area contributed by atoms with Gasteiger partial charge in [0.25, 0.3) is 0 Å². The Balaban J connectivity index is 1.89. The SMILES string of the molecule is Brc1cccc2nnn(CC3CCCOC3)c12. The highest BCUT2D eigenvalue weighted by atomic mass is 79.9. The maximum atomic E-state index is 5.50. The van der Waals surface area contributed by atoms with Gasteiger partial charge in [0.1, 0.15) is 11.0 Å². The second-order valence-corrected chi connectivity index (χ2v) is 5.32. The zero-order valence-corrected chi connectivity index (χ0v) is 11.1. The molecule has 4 nitrogen and oxygen atoms in total. The van der Waals surface area contributed by atoms with Crippen molar-refractivity contribution in [2.75, 3.05) is 13.2 Å². The van der Waals surface area contributed by atoms with E-state index < -0.39 is 0 Å². The molecule has 17 heavy (non-hydrogen) atoms. The molecule has 0 bridgehead atoms. The molecule has 1 aliphatic rings. The smallest absolute Gasteiger partial charge is 0.114 e. The van der Waals surface area contributed by atoms with E-state index in [2.05, 4.69) is 26.2 Å². The highest BCUT2D eigenvalue weighted by Crippen LogP contribution is 2.24. The van der Waals surface area contributed by atoms with Gasteiger partial charge in [0, 0.05) is 23.5 Å². The van der Waals surface area contributed by atoms with Gasteiger partial charge in [0.15, 0.2) is 0 Å². The third-order valence-electron chi connectivity index (χ3n) is 3.17. The topological polar surface area (TPSA) is 39.9 Å². The van der Waals surface area contributed by atoms with Crippen LogP contribution in [0.3, 0.4) is 0 Å². The van der Waals surface area contributed by atoms with Crippen molar-refractivity contribution < 1.29 is 4.74 Å². The zero-order chi connectivity index (χ0) is 11.7. The van der Waals surface area contributed by atoms with Crippen LogP contribution in [0.4, 0.5) is 0 Å². The molecule has 0 spiro atoms. The molecule has 0 saturated carbocycles. The average molecular weight is 296 g/mol. The van der Waals surface area contributed by atoms with E-state index in [0.717, 1.165) is 41.7 Å². The lowest BCUT2D eigenvalue weighted by molar-refractivity contribution is 0.0473. The van der Waals surface area contributed by atoms with E-state index in [0.29, 0.717) is 5.92 Å². The number of fused-ring (bicyclic) bond motifs is 1. The first-order valence-electron chi connectivity index (χ1n) is 5.90. The summed E-state index contributed by atoms with van der Waals surface area (Å²) in [5.74, 6) is 0.556. The Bertz CT molecular complexity index is 519. The summed E-state index contributed by atoms with van der Waals surface area (Å²) < 4.78 is 8.54. The number of hydrogen-bond acceptors (Lipinski definition) is 3. The number of ether oxygens (including phenoxy) is 1. The third-order valence-corrected chi connectivity index (χ3v) is 3.81. The van der Waals surface area contributed by atoms with E-state index in [-0.39, 0.29) is 0 Å². The molecule has 1 atom stereocenters. The summed E-state index contributed by atoms with van der Waals surface area (Å²) in [6.07, 6.45) is 2.37. The van der Waals surface area contributed by atoms with Crippen molar-refractivity contribution in [2.45, 2.75) is 19.4 Å². The largest absolute Gasteiger partial charge is 0.381 e. The molecular weight excluding hydrogens is 282 g/mol. The van der Waals surface area contributed by atoms with Gasteiger partial charge in [-0.1, -0.05) is 11.3 Å².